The molecule has 0 saturated heterocycles. The van der Waals surface area contributed by atoms with Gasteiger partial charge in [-0.25, -0.2) is 4.79 Å². The number of hydrogen-bond donors (Lipinski definition) is 3. The molecule has 0 bridgehead atoms. The summed E-state index contributed by atoms with van der Waals surface area (Å²) in [5.41, 5.74) is 4.99. The van der Waals surface area contributed by atoms with Gasteiger partial charge in [0.15, 0.2) is 0 Å². The number of carbonyl (C=O) groups excluding carboxylic acids is 1. The van der Waals surface area contributed by atoms with E-state index in [1.165, 1.54) is 0 Å². The molecule has 0 aliphatic carbocycles. The van der Waals surface area contributed by atoms with E-state index in [1.54, 1.807) is 20.8 Å². The first-order valence-corrected chi connectivity index (χ1v) is 5.97. The van der Waals surface area contributed by atoms with Crippen LogP contribution in [0.2, 0.25) is 0 Å². The fourth-order valence-corrected chi connectivity index (χ4v) is 1.61. The number of nitrogens with one attached hydrogen (secondary N) is 1. The molecule has 5 nitrogen and oxygen atoms in total. The number of nitrogens with two attached hydrogens (primary N) is 1. The monoisotopic (exact) mass is 244 g/mol. The molecule has 1 amide bonds. The van der Waals surface area contributed by atoms with Gasteiger partial charge in [0.2, 0.25) is 5.91 Å². The van der Waals surface area contributed by atoms with Crippen LogP contribution >= 0.6 is 0 Å². The van der Waals surface area contributed by atoms with Crippen LogP contribution in [0.25, 0.3) is 0 Å². The average molecular weight is 244 g/mol. The van der Waals surface area contributed by atoms with Gasteiger partial charge in [-0.1, -0.05) is 34.1 Å². The van der Waals surface area contributed by atoms with Crippen LogP contribution in [0, 0.1) is 11.3 Å². The first-order valence-electron chi connectivity index (χ1n) is 5.97. The molecule has 2 atom stereocenters. The zero-order valence-electron chi connectivity index (χ0n) is 11.1. The highest BCUT2D eigenvalue weighted by Gasteiger charge is 2.33. The van der Waals surface area contributed by atoms with Crippen molar-refractivity contribution >= 4 is 11.9 Å². The topological polar surface area (TPSA) is 92.4 Å². The molecule has 0 aliphatic heterocycles. The smallest absolute Gasteiger partial charge is 0.326 e. The molecule has 0 radical (unpaired) electrons. The maximum Gasteiger partial charge on any atom is 0.326 e. The highest BCUT2D eigenvalue weighted by atomic mass is 16.4. The van der Waals surface area contributed by atoms with Crippen molar-refractivity contribution in [2.24, 2.45) is 17.1 Å². The summed E-state index contributed by atoms with van der Waals surface area (Å²) in [5, 5.41) is 11.7. The predicted molar refractivity (Wildman–Crippen MR) is 66.5 cm³/mol. The summed E-state index contributed by atoms with van der Waals surface area (Å²) in [6.45, 7) is 7.56. The molecule has 0 fully saturated rings. The maximum atomic E-state index is 11.9. The quantitative estimate of drug-likeness (QED) is 0.649. The van der Waals surface area contributed by atoms with Crippen molar-refractivity contribution in [2.45, 2.75) is 46.6 Å². The number of rotatable bonds is 6. The van der Waals surface area contributed by atoms with Crippen LogP contribution in [0.3, 0.4) is 0 Å². The molecule has 0 aromatic rings. The lowest BCUT2D eigenvalue weighted by Gasteiger charge is -2.29. The van der Waals surface area contributed by atoms with Gasteiger partial charge in [-0.05, 0) is 11.8 Å². The molecule has 4 N–H and O–H groups in total. The van der Waals surface area contributed by atoms with Crippen molar-refractivity contribution in [1.82, 2.24) is 5.32 Å². The molecule has 0 aromatic heterocycles. The highest BCUT2D eigenvalue weighted by Crippen LogP contribution is 2.20. The van der Waals surface area contributed by atoms with Crippen LogP contribution in [0.5, 0.6) is 0 Å². The SMILES string of the molecule is CCCC(CN)C(=O)N[C@@H](C(=O)O)C(C)(C)C. The Balaban J connectivity index is 4.66. The van der Waals surface area contributed by atoms with Crippen LogP contribution in [0.15, 0.2) is 0 Å². The molecule has 1 unspecified atom stereocenters. The molecule has 0 aromatic carbocycles. The van der Waals surface area contributed by atoms with E-state index >= 15 is 0 Å². The van der Waals surface area contributed by atoms with Gasteiger partial charge in [-0.15, -0.1) is 0 Å². The van der Waals surface area contributed by atoms with E-state index in [4.69, 9.17) is 10.8 Å². The summed E-state index contributed by atoms with van der Waals surface area (Å²) in [5.74, 6) is -1.58. The summed E-state index contributed by atoms with van der Waals surface area (Å²) in [4.78, 5) is 23.0. The Morgan fingerprint density at radius 1 is 1.35 bits per heavy atom. The summed E-state index contributed by atoms with van der Waals surface area (Å²) < 4.78 is 0. The van der Waals surface area contributed by atoms with Gasteiger partial charge in [0.05, 0.1) is 5.92 Å². The minimum atomic E-state index is -1.02. The molecular formula is C12H24N2O3. The summed E-state index contributed by atoms with van der Waals surface area (Å²) >= 11 is 0. The summed E-state index contributed by atoms with van der Waals surface area (Å²) in [7, 11) is 0. The normalized spacial score (nSPS) is 15.1. The van der Waals surface area contributed by atoms with Gasteiger partial charge in [-0.2, -0.15) is 0 Å². The molecule has 5 heteroatoms. The summed E-state index contributed by atoms with van der Waals surface area (Å²) in [6.07, 6.45) is 1.53. The first kappa shape index (κ1) is 15.9. The Morgan fingerprint density at radius 3 is 2.18 bits per heavy atom. The minimum Gasteiger partial charge on any atom is -0.480 e. The second kappa shape index (κ2) is 6.59. The maximum absolute atomic E-state index is 11.9. The Kier molecular flexibility index (Phi) is 6.16. The number of carboxylic acids is 1. The van der Waals surface area contributed by atoms with Crippen molar-refractivity contribution in [3.63, 3.8) is 0 Å². The van der Waals surface area contributed by atoms with Gasteiger partial charge in [0.25, 0.3) is 0 Å². The predicted octanol–water partition coefficient (Wildman–Crippen LogP) is 0.977. The lowest BCUT2D eigenvalue weighted by atomic mass is 9.86. The molecule has 17 heavy (non-hydrogen) atoms. The number of amides is 1. The van der Waals surface area contributed by atoms with Crippen LogP contribution in [0.1, 0.15) is 40.5 Å². The van der Waals surface area contributed by atoms with Crippen LogP contribution in [-0.4, -0.2) is 29.6 Å². The largest absolute Gasteiger partial charge is 0.480 e. The van der Waals surface area contributed by atoms with Gasteiger partial charge in [-0.3, -0.25) is 4.79 Å². The Labute approximate surface area is 103 Å². The van der Waals surface area contributed by atoms with E-state index in [1.807, 2.05) is 6.92 Å². The molecular weight excluding hydrogens is 220 g/mol. The van der Waals surface area contributed by atoms with Crippen LogP contribution in [-0.2, 0) is 9.59 Å². The van der Waals surface area contributed by atoms with Gasteiger partial charge < -0.3 is 16.2 Å². The third kappa shape index (κ3) is 5.17. The van der Waals surface area contributed by atoms with E-state index in [0.717, 1.165) is 6.42 Å². The molecule has 0 heterocycles. The third-order valence-corrected chi connectivity index (χ3v) is 2.69. The van der Waals surface area contributed by atoms with Gasteiger partial charge in [0, 0.05) is 6.54 Å². The second-order valence-corrected chi connectivity index (χ2v) is 5.37. The fourth-order valence-electron chi connectivity index (χ4n) is 1.61. The van der Waals surface area contributed by atoms with E-state index in [0.29, 0.717) is 6.42 Å². The average Bonchev–Trinajstić information content (AvgIpc) is 2.19. The van der Waals surface area contributed by atoms with E-state index in [2.05, 4.69) is 5.32 Å². The van der Waals surface area contributed by atoms with Crippen molar-refractivity contribution in [1.29, 1.82) is 0 Å². The minimum absolute atomic E-state index is 0.246. The van der Waals surface area contributed by atoms with E-state index < -0.39 is 17.4 Å². The number of aliphatic carboxylic acids is 1. The Morgan fingerprint density at radius 2 is 1.88 bits per heavy atom. The zero-order valence-corrected chi connectivity index (χ0v) is 11.1. The number of carboxylic acid groups (broad SMARTS) is 1. The zero-order chi connectivity index (χ0) is 13.6. The standard InChI is InChI=1S/C12H24N2O3/c1-5-6-8(7-13)10(15)14-9(11(16)17)12(2,3)4/h8-9H,5-7,13H2,1-4H3,(H,14,15)(H,16,17)/t8?,9-/m0/s1. The van der Waals surface area contributed by atoms with E-state index in [9.17, 15) is 9.59 Å². The van der Waals surface area contributed by atoms with Crippen molar-refractivity contribution in [2.75, 3.05) is 6.54 Å². The fraction of sp³-hybridized carbons (Fsp3) is 0.833. The lowest BCUT2D eigenvalue weighted by molar-refractivity contribution is -0.145. The van der Waals surface area contributed by atoms with Gasteiger partial charge in [0.1, 0.15) is 6.04 Å². The molecule has 0 saturated carbocycles. The molecule has 0 spiro atoms. The number of carbonyl (C=O) groups is 2. The van der Waals surface area contributed by atoms with Crippen molar-refractivity contribution < 1.29 is 14.7 Å². The lowest BCUT2D eigenvalue weighted by Crippen LogP contribution is -2.51. The first-order chi connectivity index (χ1) is 7.73. The Bertz CT molecular complexity index is 271. The summed E-state index contributed by atoms with van der Waals surface area (Å²) in [6, 6.07) is -0.888. The third-order valence-electron chi connectivity index (χ3n) is 2.69. The Hall–Kier alpha value is -1.10. The highest BCUT2D eigenvalue weighted by molar-refractivity contribution is 5.85. The van der Waals surface area contributed by atoms with Crippen molar-refractivity contribution in [3.05, 3.63) is 0 Å². The number of hydrogen-bond acceptors (Lipinski definition) is 3. The van der Waals surface area contributed by atoms with Crippen LogP contribution in [0.4, 0.5) is 0 Å². The molecule has 0 aliphatic rings. The van der Waals surface area contributed by atoms with Gasteiger partial charge >= 0.3 is 5.97 Å². The van der Waals surface area contributed by atoms with E-state index in [-0.39, 0.29) is 18.4 Å². The van der Waals surface area contributed by atoms with Crippen molar-refractivity contribution in [3.8, 4) is 0 Å². The second-order valence-electron chi connectivity index (χ2n) is 5.37. The molecule has 0 rings (SSSR count). The molecule has 100 valence electrons. The van der Waals surface area contributed by atoms with Crippen LogP contribution < -0.4 is 11.1 Å².